The Morgan fingerprint density at radius 2 is 1.31 bits per heavy atom. The summed E-state index contributed by atoms with van der Waals surface area (Å²) in [5.74, 6) is 1.76. The monoisotopic (exact) mass is 388 g/mol. The normalized spacial score (nSPS) is 14.6. The predicted molar refractivity (Wildman–Crippen MR) is 119 cm³/mol. The van der Waals surface area contributed by atoms with Crippen LogP contribution in [0, 0.1) is 0 Å². The molecule has 4 heteroatoms. The fourth-order valence-electron chi connectivity index (χ4n) is 4.10. The van der Waals surface area contributed by atoms with Crippen LogP contribution in [0.4, 0.5) is 0 Å². The molecule has 0 amide bonds. The van der Waals surface area contributed by atoms with Gasteiger partial charge in [0.25, 0.3) is 0 Å². The third kappa shape index (κ3) is 4.14. The molecule has 0 saturated carbocycles. The average Bonchev–Trinajstić information content (AvgIpc) is 2.79. The smallest absolute Gasteiger partial charge is 0.126 e. The molecule has 1 N–H and O–H groups in total. The van der Waals surface area contributed by atoms with E-state index < -0.39 is 0 Å². The molecule has 0 aliphatic carbocycles. The zero-order valence-electron chi connectivity index (χ0n) is 17.2. The summed E-state index contributed by atoms with van der Waals surface area (Å²) in [5, 5.41) is 3.44. The van der Waals surface area contributed by atoms with Crippen LogP contribution in [-0.2, 0) is 6.54 Å². The lowest BCUT2D eigenvalue weighted by Gasteiger charge is -2.29. The second kappa shape index (κ2) is 9.12. The molecule has 29 heavy (non-hydrogen) atoms. The fraction of sp³-hybridized carbons (Fsp3) is 0.280. The van der Waals surface area contributed by atoms with Crippen LogP contribution in [0.25, 0.3) is 22.3 Å². The van der Waals surface area contributed by atoms with E-state index in [2.05, 4.69) is 52.7 Å². The summed E-state index contributed by atoms with van der Waals surface area (Å²) in [6, 6.07) is 23.1. The molecule has 4 nitrogen and oxygen atoms in total. The van der Waals surface area contributed by atoms with Crippen LogP contribution < -0.4 is 14.8 Å². The minimum Gasteiger partial charge on any atom is -0.496 e. The van der Waals surface area contributed by atoms with E-state index in [0.29, 0.717) is 0 Å². The number of methoxy groups -OCH3 is 2. The largest absolute Gasteiger partial charge is 0.496 e. The van der Waals surface area contributed by atoms with Gasteiger partial charge < -0.3 is 14.8 Å². The van der Waals surface area contributed by atoms with Crippen molar-refractivity contribution in [3.05, 3.63) is 72.3 Å². The summed E-state index contributed by atoms with van der Waals surface area (Å²) < 4.78 is 11.4. The van der Waals surface area contributed by atoms with E-state index in [1.807, 2.05) is 24.3 Å². The van der Waals surface area contributed by atoms with Gasteiger partial charge in [-0.25, -0.2) is 0 Å². The molecule has 0 radical (unpaired) electrons. The Kier molecular flexibility index (Phi) is 6.13. The van der Waals surface area contributed by atoms with E-state index >= 15 is 0 Å². The van der Waals surface area contributed by atoms with E-state index in [-0.39, 0.29) is 0 Å². The second-order valence-electron chi connectivity index (χ2n) is 7.27. The molecule has 3 aromatic rings. The first-order chi connectivity index (χ1) is 14.3. The molecule has 3 aromatic carbocycles. The van der Waals surface area contributed by atoms with Crippen molar-refractivity contribution in [2.75, 3.05) is 40.4 Å². The molecular formula is C25H28N2O2. The van der Waals surface area contributed by atoms with Crippen molar-refractivity contribution in [2.45, 2.75) is 6.54 Å². The van der Waals surface area contributed by atoms with Gasteiger partial charge in [-0.3, -0.25) is 4.90 Å². The van der Waals surface area contributed by atoms with Gasteiger partial charge in [0.2, 0.25) is 0 Å². The molecule has 150 valence electrons. The third-order valence-electron chi connectivity index (χ3n) is 5.53. The highest BCUT2D eigenvalue weighted by Gasteiger charge is 2.20. The molecular weight excluding hydrogens is 360 g/mol. The molecule has 1 saturated heterocycles. The van der Waals surface area contributed by atoms with Gasteiger partial charge in [-0.05, 0) is 28.8 Å². The summed E-state index contributed by atoms with van der Waals surface area (Å²) in [6.45, 7) is 5.11. The quantitative estimate of drug-likeness (QED) is 0.677. The van der Waals surface area contributed by atoms with Crippen LogP contribution in [0.1, 0.15) is 5.56 Å². The lowest BCUT2D eigenvalue weighted by Crippen LogP contribution is -2.42. The summed E-state index contributed by atoms with van der Waals surface area (Å²) >= 11 is 0. The second-order valence-corrected chi connectivity index (χ2v) is 7.27. The average molecular weight is 389 g/mol. The van der Waals surface area contributed by atoms with Crippen molar-refractivity contribution in [1.29, 1.82) is 0 Å². The third-order valence-corrected chi connectivity index (χ3v) is 5.53. The van der Waals surface area contributed by atoms with Crippen LogP contribution in [0.5, 0.6) is 11.5 Å². The maximum Gasteiger partial charge on any atom is 0.126 e. The van der Waals surface area contributed by atoms with E-state index in [0.717, 1.165) is 55.3 Å². The van der Waals surface area contributed by atoms with E-state index in [9.17, 15) is 0 Å². The number of benzene rings is 3. The maximum atomic E-state index is 5.74. The molecule has 1 fully saturated rings. The van der Waals surface area contributed by atoms with Crippen molar-refractivity contribution in [3.63, 3.8) is 0 Å². The van der Waals surface area contributed by atoms with E-state index in [1.165, 1.54) is 16.7 Å². The number of rotatable bonds is 6. The SMILES string of the molecule is COc1ccccc1-c1cccc(CN2CCNCC2)c1-c1ccccc1OC. The number of piperazine rings is 1. The molecule has 0 spiro atoms. The Morgan fingerprint density at radius 1 is 0.724 bits per heavy atom. The number of nitrogens with zero attached hydrogens (tertiary/aromatic N) is 1. The summed E-state index contributed by atoms with van der Waals surface area (Å²) in [7, 11) is 3.46. The fourth-order valence-corrected chi connectivity index (χ4v) is 4.10. The number of hydrogen-bond donors (Lipinski definition) is 1. The minimum absolute atomic E-state index is 0.878. The lowest BCUT2D eigenvalue weighted by atomic mass is 9.89. The summed E-state index contributed by atoms with van der Waals surface area (Å²) in [5.41, 5.74) is 5.90. The maximum absolute atomic E-state index is 5.74. The zero-order valence-corrected chi connectivity index (χ0v) is 17.2. The van der Waals surface area contributed by atoms with Gasteiger partial charge in [0, 0.05) is 43.9 Å². The molecule has 0 aromatic heterocycles. The molecule has 0 unspecified atom stereocenters. The lowest BCUT2D eigenvalue weighted by molar-refractivity contribution is 0.233. The molecule has 1 heterocycles. The number of ether oxygens (including phenoxy) is 2. The predicted octanol–water partition coefficient (Wildman–Crippen LogP) is 4.44. The topological polar surface area (TPSA) is 33.7 Å². The van der Waals surface area contributed by atoms with Gasteiger partial charge in [-0.2, -0.15) is 0 Å². The molecule has 1 aliphatic heterocycles. The molecule has 0 bridgehead atoms. The van der Waals surface area contributed by atoms with E-state index in [1.54, 1.807) is 14.2 Å². The van der Waals surface area contributed by atoms with Crippen molar-refractivity contribution < 1.29 is 9.47 Å². The highest BCUT2D eigenvalue weighted by molar-refractivity contribution is 5.90. The zero-order chi connectivity index (χ0) is 20.1. The Bertz CT molecular complexity index is 965. The van der Waals surface area contributed by atoms with E-state index in [4.69, 9.17) is 9.47 Å². The molecule has 1 aliphatic rings. The van der Waals surface area contributed by atoms with Crippen LogP contribution in [0.2, 0.25) is 0 Å². The van der Waals surface area contributed by atoms with Gasteiger partial charge in [-0.1, -0.05) is 54.6 Å². The number of para-hydroxylation sites is 2. The van der Waals surface area contributed by atoms with Crippen molar-refractivity contribution in [1.82, 2.24) is 10.2 Å². The van der Waals surface area contributed by atoms with Crippen LogP contribution in [-0.4, -0.2) is 45.3 Å². The van der Waals surface area contributed by atoms with Gasteiger partial charge in [0.1, 0.15) is 11.5 Å². The highest BCUT2D eigenvalue weighted by atomic mass is 16.5. The van der Waals surface area contributed by atoms with Crippen molar-refractivity contribution >= 4 is 0 Å². The number of hydrogen-bond acceptors (Lipinski definition) is 4. The van der Waals surface area contributed by atoms with Gasteiger partial charge in [-0.15, -0.1) is 0 Å². The minimum atomic E-state index is 0.878. The molecule has 4 rings (SSSR count). The number of nitrogens with one attached hydrogen (secondary N) is 1. The Labute approximate surface area is 173 Å². The van der Waals surface area contributed by atoms with Crippen LogP contribution in [0.3, 0.4) is 0 Å². The Hall–Kier alpha value is -2.82. The first-order valence-electron chi connectivity index (χ1n) is 10.1. The van der Waals surface area contributed by atoms with Crippen molar-refractivity contribution in [2.24, 2.45) is 0 Å². The summed E-state index contributed by atoms with van der Waals surface area (Å²) in [6.07, 6.45) is 0. The first kappa shape index (κ1) is 19.5. The summed E-state index contributed by atoms with van der Waals surface area (Å²) in [4.78, 5) is 2.51. The van der Waals surface area contributed by atoms with Gasteiger partial charge in [0.05, 0.1) is 14.2 Å². The molecule has 0 atom stereocenters. The van der Waals surface area contributed by atoms with Crippen LogP contribution >= 0.6 is 0 Å². The Balaban J connectivity index is 1.90. The Morgan fingerprint density at radius 3 is 2.00 bits per heavy atom. The van der Waals surface area contributed by atoms with Crippen molar-refractivity contribution in [3.8, 4) is 33.8 Å². The first-order valence-corrected chi connectivity index (χ1v) is 10.1. The van der Waals surface area contributed by atoms with Gasteiger partial charge in [0.15, 0.2) is 0 Å². The standard InChI is InChI=1S/C25H28N2O2/c1-28-23-12-5-3-9-20(23)21-11-7-8-19(18-27-16-14-26-15-17-27)25(21)22-10-4-6-13-24(22)29-2/h3-13,26H,14-18H2,1-2H3. The van der Waals surface area contributed by atoms with Gasteiger partial charge >= 0.3 is 0 Å². The van der Waals surface area contributed by atoms with Crippen LogP contribution in [0.15, 0.2) is 66.7 Å². The highest BCUT2D eigenvalue weighted by Crippen LogP contribution is 2.42.